The lowest BCUT2D eigenvalue weighted by atomic mass is 10.1. The van der Waals surface area contributed by atoms with Gasteiger partial charge < -0.3 is 4.90 Å². The van der Waals surface area contributed by atoms with Crippen molar-refractivity contribution in [3.05, 3.63) is 51.7 Å². The minimum Gasteiger partial charge on any atom is -0.337 e. The molecule has 5 nitrogen and oxygen atoms in total. The molecule has 1 aromatic carbocycles. The van der Waals surface area contributed by atoms with Crippen molar-refractivity contribution in [3.63, 3.8) is 0 Å². The number of nitrogens with zero attached hydrogens (tertiary/aromatic N) is 2. The third-order valence-corrected chi connectivity index (χ3v) is 7.05. The molecular weight excluding hydrogens is 344 g/mol. The summed E-state index contributed by atoms with van der Waals surface area (Å²) in [6, 6.07) is 8.91. The van der Waals surface area contributed by atoms with Crippen molar-refractivity contribution in [1.82, 2.24) is 4.90 Å². The monoisotopic (exact) mass is 364 g/mol. The predicted octanol–water partition coefficient (Wildman–Crippen LogP) is 2.87. The van der Waals surface area contributed by atoms with Gasteiger partial charge in [-0.3, -0.25) is 9.10 Å². The van der Waals surface area contributed by atoms with Gasteiger partial charge in [-0.25, -0.2) is 8.42 Å². The highest BCUT2D eigenvalue weighted by atomic mass is 32.2. The molecule has 0 radical (unpaired) electrons. The van der Waals surface area contributed by atoms with Gasteiger partial charge in [0, 0.05) is 24.0 Å². The van der Waals surface area contributed by atoms with E-state index in [1.807, 2.05) is 18.4 Å². The van der Waals surface area contributed by atoms with Crippen molar-refractivity contribution in [2.75, 3.05) is 23.7 Å². The molecule has 0 aliphatic carbocycles. The fraction of sp³-hybridized carbons (Fsp3) is 0.353. The molecule has 0 saturated carbocycles. The van der Waals surface area contributed by atoms with Crippen molar-refractivity contribution in [2.24, 2.45) is 0 Å². The zero-order chi connectivity index (χ0) is 17.3. The maximum absolute atomic E-state index is 12.7. The van der Waals surface area contributed by atoms with Gasteiger partial charge in [0.2, 0.25) is 10.0 Å². The van der Waals surface area contributed by atoms with Gasteiger partial charge in [0.05, 0.1) is 18.0 Å². The first-order valence-corrected chi connectivity index (χ1v) is 10.3. The van der Waals surface area contributed by atoms with Gasteiger partial charge in [0.25, 0.3) is 5.91 Å². The van der Waals surface area contributed by atoms with Crippen LogP contribution in [0.25, 0.3) is 0 Å². The summed E-state index contributed by atoms with van der Waals surface area (Å²) in [6.45, 7) is 3.06. The molecule has 24 heavy (non-hydrogen) atoms. The van der Waals surface area contributed by atoms with Crippen molar-refractivity contribution in [2.45, 2.75) is 19.9 Å². The molecule has 1 amide bonds. The first-order valence-electron chi connectivity index (χ1n) is 7.77. The molecular formula is C17H20N2O3S2. The largest absolute Gasteiger partial charge is 0.337 e. The van der Waals surface area contributed by atoms with Gasteiger partial charge in [-0.2, -0.15) is 0 Å². The minimum atomic E-state index is -3.24. The number of anilines is 1. The fourth-order valence-corrected chi connectivity index (χ4v) is 5.31. The van der Waals surface area contributed by atoms with Crippen molar-refractivity contribution < 1.29 is 13.2 Å². The number of hydrogen-bond donors (Lipinski definition) is 0. The van der Waals surface area contributed by atoms with Crippen molar-refractivity contribution >= 4 is 33.0 Å². The van der Waals surface area contributed by atoms with Crippen LogP contribution >= 0.6 is 11.3 Å². The number of thiophene rings is 1. The van der Waals surface area contributed by atoms with Crippen LogP contribution in [0.4, 0.5) is 5.69 Å². The molecule has 2 heterocycles. The molecule has 0 unspecified atom stereocenters. The van der Waals surface area contributed by atoms with Crippen molar-refractivity contribution in [1.29, 1.82) is 0 Å². The Hall–Kier alpha value is -1.86. The van der Waals surface area contributed by atoms with Gasteiger partial charge in [-0.15, -0.1) is 11.3 Å². The predicted molar refractivity (Wildman–Crippen MR) is 97.0 cm³/mol. The number of carbonyl (C=O) groups excluding carboxylic acids is 1. The van der Waals surface area contributed by atoms with Crippen LogP contribution in [0.2, 0.25) is 0 Å². The zero-order valence-electron chi connectivity index (χ0n) is 13.7. The zero-order valence-corrected chi connectivity index (χ0v) is 15.4. The smallest absolute Gasteiger partial charge is 0.253 e. The lowest BCUT2D eigenvalue weighted by molar-refractivity contribution is 0.0786. The lowest BCUT2D eigenvalue weighted by Gasteiger charge is -2.20. The molecule has 1 saturated heterocycles. The van der Waals surface area contributed by atoms with E-state index in [9.17, 15) is 13.2 Å². The lowest BCUT2D eigenvalue weighted by Crippen LogP contribution is -2.28. The Morgan fingerprint density at radius 2 is 2.12 bits per heavy atom. The molecule has 1 aliphatic rings. The molecule has 128 valence electrons. The Balaban J connectivity index is 1.80. The van der Waals surface area contributed by atoms with E-state index in [1.165, 1.54) is 9.87 Å². The Bertz CT molecular complexity index is 858. The first-order chi connectivity index (χ1) is 11.4. The van der Waals surface area contributed by atoms with E-state index in [0.29, 0.717) is 30.8 Å². The molecule has 0 spiro atoms. The standard InChI is InChI=1S/C17H20N2O3S2/c1-13-7-9-23-16(13)12-18(2)17(20)14-5-3-6-15(11-14)19-8-4-10-24(19,21)22/h3,5-7,9,11H,4,8,10,12H2,1-2H3. The van der Waals surface area contributed by atoms with Gasteiger partial charge in [0.15, 0.2) is 0 Å². The second-order valence-corrected chi connectivity index (χ2v) is 8.99. The average Bonchev–Trinajstić information content (AvgIpc) is 3.11. The molecule has 0 N–H and O–H groups in total. The minimum absolute atomic E-state index is 0.110. The van der Waals surface area contributed by atoms with Crippen LogP contribution in [0.5, 0.6) is 0 Å². The van der Waals surface area contributed by atoms with Crippen LogP contribution in [-0.4, -0.2) is 38.6 Å². The number of sulfonamides is 1. The van der Waals surface area contributed by atoms with Gasteiger partial charge in [-0.1, -0.05) is 6.07 Å². The molecule has 2 aromatic rings. The second-order valence-electron chi connectivity index (χ2n) is 5.98. The van der Waals surface area contributed by atoms with Crippen molar-refractivity contribution in [3.8, 4) is 0 Å². The number of benzene rings is 1. The second kappa shape index (κ2) is 6.57. The van der Waals surface area contributed by atoms with E-state index in [4.69, 9.17) is 0 Å². The summed E-state index contributed by atoms with van der Waals surface area (Å²) in [5.74, 6) is 0.0594. The number of hydrogen-bond acceptors (Lipinski definition) is 4. The number of rotatable bonds is 4. The van der Waals surface area contributed by atoms with Gasteiger partial charge in [0.1, 0.15) is 0 Å². The third kappa shape index (κ3) is 3.32. The number of aryl methyl sites for hydroxylation is 1. The fourth-order valence-electron chi connectivity index (χ4n) is 2.80. The Morgan fingerprint density at radius 3 is 2.75 bits per heavy atom. The molecule has 1 fully saturated rings. The molecule has 7 heteroatoms. The molecule has 1 aromatic heterocycles. The quantitative estimate of drug-likeness (QED) is 0.838. The van der Waals surface area contributed by atoms with Crippen LogP contribution in [0.15, 0.2) is 35.7 Å². The van der Waals surface area contributed by atoms with E-state index >= 15 is 0 Å². The summed E-state index contributed by atoms with van der Waals surface area (Å²) in [5, 5.41) is 2.02. The highest BCUT2D eigenvalue weighted by Gasteiger charge is 2.28. The summed E-state index contributed by atoms with van der Waals surface area (Å²) in [6.07, 6.45) is 0.623. The Kier molecular flexibility index (Phi) is 4.64. The summed E-state index contributed by atoms with van der Waals surface area (Å²) in [4.78, 5) is 15.5. The van der Waals surface area contributed by atoms with Gasteiger partial charge in [-0.05, 0) is 48.6 Å². The van der Waals surface area contributed by atoms with Crippen LogP contribution in [0, 0.1) is 6.92 Å². The molecule has 0 bridgehead atoms. The van der Waals surface area contributed by atoms with E-state index in [2.05, 4.69) is 0 Å². The van der Waals surface area contributed by atoms with E-state index in [0.717, 1.165) is 4.88 Å². The van der Waals surface area contributed by atoms with Crippen LogP contribution in [0.1, 0.15) is 27.2 Å². The molecule has 3 rings (SSSR count). The van der Waals surface area contributed by atoms with Crippen LogP contribution in [-0.2, 0) is 16.6 Å². The summed E-state index contributed by atoms with van der Waals surface area (Å²) in [7, 11) is -1.47. The van der Waals surface area contributed by atoms with E-state index in [-0.39, 0.29) is 11.7 Å². The Labute approximate surface area is 146 Å². The van der Waals surface area contributed by atoms with Gasteiger partial charge >= 0.3 is 0 Å². The van der Waals surface area contributed by atoms with E-state index in [1.54, 1.807) is 47.5 Å². The maximum Gasteiger partial charge on any atom is 0.253 e. The third-order valence-electron chi connectivity index (χ3n) is 4.18. The first kappa shape index (κ1) is 17.0. The highest BCUT2D eigenvalue weighted by molar-refractivity contribution is 7.93. The van der Waals surface area contributed by atoms with E-state index < -0.39 is 10.0 Å². The maximum atomic E-state index is 12.7. The summed E-state index contributed by atoms with van der Waals surface area (Å²) in [5.41, 5.74) is 2.25. The normalized spacial score (nSPS) is 16.3. The summed E-state index contributed by atoms with van der Waals surface area (Å²) < 4.78 is 25.5. The van der Waals surface area contributed by atoms with Crippen LogP contribution in [0.3, 0.4) is 0 Å². The van der Waals surface area contributed by atoms with Crippen LogP contribution < -0.4 is 4.31 Å². The summed E-state index contributed by atoms with van der Waals surface area (Å²) >= 11 is 1.63. The molecule has 1 aliphatic heterocycles. The highest BCUT2D eigenvalue weighted by Crippen LogP contribution is 2.25. The molecule has 0 atom stereocenters. The SMILES string of the molecule is Cc1ccsc1CN(C)C(=O)c1cccc(N2CCCS2(=O)=O)c1. The topological polar surface area (TPSA) is 57.7 Å². The number of carbonyl (C=O) groups is 1. The number of amides is 1. The Morgan fingerprint density at radius 1 is 1.33 bits per heavy atom. The average molecular weight is 364 g/mol.